The molecule has 0 amide bonds. The van der Waals surface area contributed by atoms with E-state index >= 15 is 0 Å². The van der Waals surface area contributed by atoms with Crippen molar-refractivity contribution in [3.63, 3.8) is 0 Å². The molecule has 0 fully saturated rings. The van der Waals surface area contributed by atoms with Gasteiger partial charge in [0.2, 0.25) is 10.0 Å². The Hall–Kier alpha value is -2.68. The van der Waals surface area contributed by atoms with E-state index in [-0.39, 0.29) is 23.6 Å². The normalized spacial score (nSPS) is 13.8. The Labute approximate surface area is 162 Å². The second-order valence-electron chi connectivity index (χ2n) is 6.86. The summed E-state index contributed by atoms with van der Waals surface area (Å²) < 4.78 is 26.8. The first-order valence-corrected chi connectivity index (χ1v) is 10.6. The lowest BCUT2D eigenvalue weighted by molar-refractivity contribution is 0.301. The van der Waals surface area contributed by atoms with E-state index in [1.54, 1.807) is 18.2 Å². The predicted molar refractivity (Wildman–Crippen MR) is 109 cm³/mol. The topological polar surface area (TPSA) is 125 Å². The summed E-state index contributed by atoms with van der Waals surface area (Å²) in [5.74, 6) is 0. The molecular formula is C20H21N3O4S. The molecule has 0 atom stereocenters. The van der Waals surface area contributed by atoms with Crippen molar-refractivity contribution in [2.75, 3.05) is 18.9 Å². The van der Waals surface area contributed by atoms with E-state index in [1.807, 2.05) is 6.07 Å². The van der Waals surface area contributed by atoms with Gasteiger partial charge in [0.15, 0.2) is 0 Å². The van der Waals surface area contributed by atoms with E-state index < -0.39 is 10.0 Å². The SMILES string of the molecule is Nc1ccc2[nH]c(=O)c3c(c2c1-c1ccc(S(=O)(=O)NCCO)cc1)CCC3. The number of nitrogens with two attached hydrogens (primary N) is 1. The molecule has 146 valence electrons. The van der Waals surface area contributed by atoms with Gasteiger partial charge in [-0.3, -0.25) is 4.79 Å². The quantitative estimate of drug-likeness (QED) is 0.484. The smallest absolute Gasteiger partial charge is 0.251 e. The molecular weight excluding hydrogens is 378 g/mol. The second kappa shape index (κ2) is 7.05. The van der Waals surface area contributed by atoms with Gasteiger partial charge in [0, 0.05) is 34.3 Å². The van der Waals surface area contributed by atoms with Crippen LogP contribution in [0.1, 0.15) is 17.5 Å². The van der Waals surface area contributed by atoms with E-state index in [0.29, 0.717) is 5.69 Å². The number of fused-ring (bicyclic) bond motifs is 3. The van der Waals surface area contributed by atoms with Crippen molar-refractivity contribution in [2.24, 2.45) is 0 Å². The number of aromatic nitrogens is 1. The van der Waals surface area contributed by atoms with Gasteiger partial charge >= 0.3 is 0 Å². The maximum Gasteiger partial charge on any atom is 0.251 e. The molecule has 4 rings (SSSR count). The van der Waals surface area contributed by atoms with Crippen LogP contribution >= 0.6 is 0 Å². The number of hydrogen-bond acceptors (Lipinski definition) is 5. The van der Waals surface area contributed by atoms with Crippen LogP contribution in [0.3, 0.4) is 0 Å². The summed E-state index contributed by atoms with van der Waals surface area (Å²) in [5, 5.41) is 9.76. The highest BCUT2D eigenvalue weighted by molar-refractivity contribution is 7.89. The summed E-state index contributed by atoms with van der Waals surface area (Å²) in [6.07, 6.45) is 2.51. The largest absolute Gasteiger partial charge is 0.398 e. The molecule has 0 unspecified atom stereocenters. The summed E-state index contributed by atoms with van der Waals surface area (Å²) in [7, 11) is -3.68. The van der Waals surface area contributed by atoms with E-state index in [1.165, 1.54) is 12.1 Å². The zero-order chi connectivity index (χ0) is 19.9. The number of benzene rings is 2. The Morgan fingerprint density at radius 1 is 1.07 bits per heavy atom. The standard InChI is InChI=1S/C20H21N3O4S/c21-16-8-9-17-19(14-2-1-3-15(14)20(25)23-17)18(16)12-4-6-13(7-5-12)28(26,27)22-10-11-24/h4-9,22,24H,1-3,10-11,21H2,(H,23,25). The summed E-state index contributed by atoms with van der Waals surface area (Å²) in [4.78, 5) is 15.4. The number of aliphatic hydroxyl groups is 1. The van der Waals surface area contributed by atoms with E-state index in [2.05, 4.69) is 9.71 Å². The average Bonchev–Trinajstić information content (AvgIpc) is 3.18. The maximum atomic E-state index is 12.3. The molecule has 1 aliphatic carbocycles. The first kappa shape index (κ1) is 18.7. The van der Waals surface area contributed by atoms with Gasteiger partial charge in [-0.1, -0.05) is 12.1 Å². The van der Waals surface area contributed by atoms with Gasteiger partial charge in [0.05, 0.1) is 11.5 Å². The number of aromatic amines is 1. The highest BCUT2D eigenvalue weighted by Crippen LogP contribution is 2.38. The van der Waals surface area contributed by atoms with Crippen LogP contribution < -0.4 is 16.0 Å². The summed E-state index contributed by atoms with van der Waals surface area (Å²) in [6.45, 7) is -0.312. The molecule has 7 nitrogen and oxygen atoms in total. The minimum Gasteiger partial charge on any atom is -0.398 e. The monoisotopic (exact) mass is 399 g/mol. The van der Waals surface area contributed by atoms with Gasteiger partial charge in [0.25, 0.3) is 5.56 Å². The van der Waals surface area contributed by atoms with Crippen LogP contribution in [0.5, 0.6) is 0 Å². The number of H-pyrrole nitrogens is 1. The number of aryl methyl sites for hydroxylation is 1. The predicted octanol–water partition coefficient (Wildman–Crippen LogP) is 1.54. The van der Waals surface area contributed by atoms with Gasteiger partial charge < -0.3 is 15.8 Å². The third-order valence-corrected chi connectivity index (χ3v) is 6.61. The Morgan fingerprint density at radius 3 is 2.50 bits per heavy atom. The fourth-order valence-electron chi connectivity index (χ4n) is 3.88. The lowest BCUT2D eigenvalue weighted by Crippen LogP contribution is -2.26. The number of nitrogens with one attached hydrogen (secondary N) is 2. The van der Waals surface area contributed by atoms with Gasteiger partial charge in [-0.2, -0.15) is 0 Å². The molecule has 0 spiro atoms. The molecule has 1 aliphatic rings. The van der Waals surface area contributed by atoms with Crippen LogP contribution in [0.4, 0.5) is 5.69 Å². The molecule has 8 heteroatoms. The fourth-order valence-corrected chi connectivity index (χ4v) is 4.90. The van der Waals surface area contributed by atoms with Crippen molar-refractivity contribution in [1.29, 1.82) is 0 Å². The van der Waals surface area contributed by atoms with Crippen LogP contribution in [0.25, 0.3) is 22.0 Å². The fraction of sp³-hybridized carbons (Fsp3) is 0.250. The lowest BCUT2D eigenvalue weighted by Gasteiger charge is -2.14. The minimum atomic E-state index is -3.68. The van der Waals surface area contributed by atoms with Gasteiger partial charge in [0.1, 0.15) is 0 Å². The Morgan fingerprint density at radius 2 is 1.79 bits per heavy atom. The summed E-state index contributed by atoms with van der Waals surface area (Å²) >= 11 is 0. The Bertz CT molecular complexity index is 1210. The van der Waals surface area contributed by atoms with E-state index in [9.17, 15) is 13.2 Å². The molecule has 1 heterocycles. The Kier molecular flexibility index (Phi) is 4.70. The summed E-state index contributed by atoms with van der Waals surface area (Å²) in [6, 6.07) is 10.0. The molecule has 0 bridgehead atoms. The number of aliphatic hydroxyl groups excluding tert-OH is 1. The second-order valence-corrected chi connectivity index (χ2v) is 8.63. The van der Waals surface area contributed by atoms with Crippen molar-refractivity contribution in [1.82, 2.24) is 9.71 Å². The van der Waals surface area contributed by atoms with Crippen molar-refractivity contribution >= 4 is 26.6 Å². The highest BCUT2D eigenvalue weighted by Gasteiger charge is 2.22. The van der Waals surface area contributed by atoms with Crippen molar-refractivity contribution in [3.05, 3.63) is 57.9 Å². The van der Waals surface area contributed by atoms with E-state index in [0.717, 1.165) is 52.4 Å². The highest BCUT2D eigenvalue weighted by atomic mass is 32.2. The van der Waals surface area contributed by atoms with Gasteiger partial charge in [-0.15, -0.1) is 0 Å². The number of nitrogen functional groups attached to an aromatic ring is 1. The molecule has 3 aromatic rings. The zero-order valence-corrected chi connectivity index (χ0v) is 16.0. The number of anilines is 1. The van der Waals surface area contributed by atoms with E-state index in [4.69, 9.17) is 10.8 Å². The molecule has 2 aromatic carbocycles. The molecule has 0 saturated heterocycles. The molecule has 0 aliphatic heterocycles. The third kappa shape index (κ3) is 3.09. The van der Waals surface area contributed by atoms with Crippen molar-refractivity contribution < 1.29 is 13.5 Å². The first-order chi connectivity index (χ1) is 13.4. The molecule has 0 radical (unpaired) electrons. The molecule has 1 aromatic heterocycles. The van der Waals surface area contributed by atoms with Crippen molar-refractivity contribution in [2.45, 2.75) is 24.2 Å². The van der Waals surface area contributed by atoms with Crippen LogP contribution in [0.15, 0.2) is 46.1 Å². The number of sulfonamides is 1. The van der Waals surface area contributed by atoms with Crippen molar-refractivity contribution in [3.8, 4) is 11.1 Å². The number of rotatable bonds is 5. The summed E-state index contributed by atoms with van der Waals surface area (Å²) in [5.41, 5.74) is 11.0. The molecule has 5 N–H and O–H groups in total. The van der Waals surface area contributed by atoms with Crippen LogP contribution in [0.2, 0.25) is 0 Å². The average molecular weight is 399 g/mol. The van der Waals surface area contributed by atoms with Crippen LogP contribution in [-0.4, -0.2) is 31.7 Å². The molecule has 0 saturated carbocycles. The zero-order valence-electron chi connectivity index (χ0n) is 15.2. The number of hydrogen-bond donors (Lipinski definition) is 4. The Balaban J connectivity index is 1.87. The first-order valence-electron chi connectivity index (χ1n) is 9.09. The minimum absolute atomic E-state index is 0.0418. The molecule has 28 heavy (non-hydrogen) atoms. The lowest BCUT2D eigenvalue weighted by atomic mass is 9.94. The van der Waals surface area contributed by atoms with Crippen LogP contribution in [-0.2, 0) is 22.9 Å². The maximum absolute atomic E-state index is 12.3. The van der Waals surface area contributed by atoms with Gasteiger partial charge in [-0.05, 0) is 54.7 Å². The third-order valence-electron chi connectivity index (χ3n) is 5.14. The van der Waals surface area contributed by atoms with Gasteiger partial charge in [-0.25, -0.2) is 13.1 Å². The number of pyridine rings is 1. The van der Waals surface area contributed by atoms with Crippen LogP contribution in [0, 0.1) is 0 Å².